The summed E-state index contributed by atoms with van der Waals surface area (Å²) in [6.45, 7) is 8.05. The maximum Gasteiger partial charge on any atom is 0.203 e. The Kier molecular flexibility index (Phi) is 5.34. The third-order valence-corrected chi connectivity index (χ3v) is 3.96. The summed E-state index contributed by atoms with van der Waals surface area (Å²) >= 11 is 0. The van der Waals surface area contributed by atoms with Gasteiger partial charge < -0.3 is 19.3 Å². The highest BCUT2D eigenvalue weighted by Gasteiger charge is 2.55. The zero-order valence-electron chi connectivity index (χ0n) is 11.9. The SMILES string of the molecule is C=CC(C)(C)[C@]1(OC)O[C@H](CCO)CC[C@H]1OC. The minimum Gasteiger partial charge on any atom is -0.396 e. The van der Waals surface area contributed by atoms with Gasteiger partial charge in [-0.25, -0.2) is 0 Å². The standard InChI is InChI=1S/C14H26O4/c1-6-13(2,3)14(17-5)12(16-4)8-7-11(18-14)9-10-15/h6,11-12,15H,1,7-10H2,2-5H3/t11-,12+,14+/m0/s1. The van der Waals surface area contributed by atoms with Crippen molar-refractivity contribution in [3.63, 3.8) is 0 Å². The van der Waals surface area contributed by atoms with Crippen molar-refractivity contribution in [3.8, 4) is 0 Å². The molecule has 4 nitrogen and oxygen atoms in total. The molecule has 1 heterocycles. The molecule has 18 heavy (non-hydrogen) atoms. The smallest absolute Gasteiger partial charge is 0.203 e. The van der Waals surface area contributed by atoms with Crippen LogP contribution in [0.15, 0.2) is 12.7 Å². The van der Waals surface area contributed by atoms with E-state index in [2.05, 4.69) is 6.58 Å². The quantitative estimate of drug-likeness (QED) is 0.741. The van der Waals surface area contributed by atoms with Gasteiger partial charge in [-0.2, -0.15) is 0 Å². The third-order valence-electron chi connectivity index (χ3n) is 3.96. The number of methoxy groups -OCH3 is 2. The Hall–Kier alpha value is -0.420. The zero-order chi connectivity index (χ0) is 13.8. The number of aliphatic hydroxyl groups is 1. The van der Waals surface area contributed by atoms with Crippen LogP contribution in [0.2, 0.25) is 0 Å². The van der Waals surface area contributed by atoms with Gasteiger partial charge in [-0.3, -0.25) is 0 Å². The van der Waals surface area contributed by atoms with Crippen molar-refractivity contribution in [2.45, 2.75) is 51.1 Å². The summed E-state index contributed by atoms with van der Waals surface area (Å²) in [6.07, 6.45) is 4.05. The lowest BCUT2D eigenvalue weighted by molar-refractivity contribution is -0.351. The molecule has 106 valence electrons. The largest absolute Gasteiger partial charge is 0.396 e. The molecule has 0 unspecified atom stereocenters. The molecule has 1 N–H and O–H groups in total. The summed E-state index contributed by atoms with van der Waals surface area (Å²) in [5.74, 6) is -0.846. The normalized spacial score (nSPS) is 33.4. The lowest BCUT2D eigenvalue weighted by Gasteiger charge is -2.52. The Bertz CT molecular complexity index is 277. The molecule has 0 aromatic heterocycles. The molecule has 3 atom stereocenters. The third kappa shape index (κ3) is 2.62. The molecule has 0 aromatic rings. The van der Waals surface area contributed by atoms with E-state index in [0.29, 0.717) is 6.42 Å². The molecule has 0 amide bonds. The van der Waals surface area contributed by atoms with Crippen LogP contribution in [-0.2, 0) is 14.2 Å². The van der Waals surface area contributed by atoms with Crippen LogP contribution in [0.25, 0.3) is 0 Å². The lowest BCUT2D eigenvalue weighted by Crippen LogP contribution is -2.61. The van der Waals surface area contributed by atoms with E-state index in [4.69, 9.17) is 19.3 Å². The van der Waals surface area contributed by atoms with Crippen molar-refractivity contribution in [2.24, 2.45) is 5.41 Å². The van der Waals surface area contributed by atoms with Crippen LogP contribution < -0.4 is 0 Å². The fraction of sp³-hybridized carbons (Fsp3) is 0.857. The maximum atomic E-state index is 9.07. The van der Waals surface area contributed by atoms with Crippen molar-refractivity contribution in [3.05, 3.63) is 12.7 Å². The zero-order valence-corrected chi connectivity index (χ0v) is 11.9. The Morgan fingerprint density at radius 2 is 2.11 bits per heavy atom. The van der Waals surface area contributed by atoms with E-state index in [1.54, 1.807) is 14.2 Å². The van der Waals surface area contributed by atoms with E-state index in [-0.39, 0.29) is 24.2 Å². The van der Waals surface area contributed by atoms with Gasteiger partial charge in [0, 0.05) is 26.2 Å². The number of hydrogen-bond donors (Lipinski definition) is 1. The molecular formula is C14H26O4. The number of aliphatic hydroxyl groups excluding tert-OH is 1. The summed E-state index contributed by atoms with van der Waals surface area (Å²) in [5.41, 5.74) is -0.378. The topological polar surface area (TPSA) is 47.9 Å². The Morgan fingerprint density at radius 1 is 1.44 bits per heavy atom. The average molecular weight is 258 g/mol. The second kappa shape index (κ2) is 6.15. The molecule has 1 aliphatic rings. The van der Waals surface area contributed by atoms with Crippen LogP contribution in [0.3, 0.4) is 0 Å². The molecule has 0 aliphatic carbocycles. The summed E-state index contributed by atoms with van der Waals surface area (Å²) in [6, 6.07) is 0. The monoisotopic (exact) mass is 258 g/mol. The predicted molar refractivity (Wildman–Crippen MR) is 70.3 cm³/mol. The molecule has 1 rings (SSSR count). The van der Waals surface area contributed by atoms with Crippen molar-refractivity contribution >= 4 is 0 Å². The summed E-state index contributed by atoms with van der Waals surface area (Å²) in [4.78, 5) is 0. The Labute approximate surface area is 110 Å². The average Bonchev–Trinajstić information content (AvgIpc) is 2.38. The highest BCUT2D eigenvalue weighted by Crippen LogP contribution is 2.45. The molecule has 4 heteroatoms. The molecule has 0 saturated carbocycles. The molecular weight excluding hydrogens is 232 g/mol. The van der Waals surface area contributed by atoms with E-state index in [1.807, 2.05) is 19.9 Å². The second-order valence-electron chi connectivity index (χ2n) is 5.35. The van der Waals surface area contributed by atoms with Gasteiger partial charge in [-0.15, -0.1) is 6.58 Å². The van der Waals surface area contributed by atoms with Gasteiger partial charge in [0.25, 0.3) is 0 Å². The van der Waals surface area contributed by atoms with Crippen molar-refractivity contribution < 1.29 is 19.3 Å². The Morgan fingerprint density at radius 3 is 2.56 bits per heavy atom. The van der Waals surface area contributed by atoms with Crippen LogP contribution in [0, 0.1) is 5.41 Å². The minimum atomic E-state index is -0.846. The van der Waals surface area contributed by atoms with Crippen LogP contribution >= 0.6 is 0 Å². The highest BCUT2D eigenvalue weighted by atomic mass is 16.7. The van der Waals surface area contributed by atoms with Gasteiger partial charge in [-0.1, -0.05) is 19.9 Å². The lowest BCUT2D eigenvalue weighted by atomic mass is 9.76. The van der Waals surface area contributed by atoms with Crippen molar-refractivity contribution in [1.82, 2.24) is 0 Å². The molecule has 0 spiro atoms. The Balaban J connectivity index is 3.04. The van der Waals surface area contributed by atoms with Crippen LogP contribution in [0.5, 0.6) is 0 Å². The van der Waals surface area contributed by atoms with Gasteiger partial charge in [0.2, 0.25) is 5.79 Å². The van der Waals surface area contributed by atoms with Crippen molar-refractivity contribution in [1.29, 1.82) is 0 Å². The van der Waals surface area contributed by atoms with E-state index in [0.717, 1.165) is 12.8 Å². The summed E-state index contributed by atoms with van der Waals surface area (Å²) in [7, 11) is 3.31. The first-order valence-corrected chi connectivity index (χ1v) is 6.47. The van der Waals surface area contributed by atoms with Crippen LogP contribution in [0.4, 0.5) is 0 Å². The number of hydrogen-bond acceptors (Lipinski definition) is 4. The first kappa shape index (κ1) is 15.6. The molecule has 1 fully saturated rings. The summed E-state index contributed by atoms with van der Waals surface area (Å²) < 4.78 is 17.4. The van der Waals surface area contributed by atoms with Gasteiger partial charge >= 0.3 is 0 Å². The van der Waals surface area contributed by atoms with E-state index >= 15 is 0 Å². The second-order valence-corrected chi connectivity index (χ2v) is 5.35. The van der Waals surface area contributed by atoms with Gasteiger partial charge in [0.15, 0.2) is 0 Å². The highest BCUT2D eigenvalue weighted by molar-refractivity contribution is 5.05. The fourth-order valence-electron chi connectivity index (χ4n) is 2.68. The van der Waals surface area contributed by atoms with Crippen LogP contribution in [0.1, 0.15) is 33.1 Å². The van der Waals surface area contributed by atoms with Gasteiger partial charge in [0.05, 0.1) is 6.10 Å². The predicted octanol–water partition coefficient (Wildman–Crippen LogP) is 2.12. The molecule has 0 bridgehead atoms. The first-order valence-electron chi connectivity index (χ1n) is 6.47. The van der Waals surface area contributed by atoms with Crippen molar-refractivity contribution in [2.75, 3.05) is 20.8 Å². The van der Waals surface area contributed by atoms with Gasteiger partial charge in [0.1, 0.15) is 6.10 Å². The van der Waals surface area contributed by atoms with Gasteiger partial charge in [-0.05, 0) is 19.3 Å². The minimum absolute atomic E-state index is 0.000532. The van der Waals surface area contributed by atoms with Crippen LogP contribution in [-0.4, -0.2) is 43.9 Å². The molecule has 1 aliphatic heterocycles. The number of ether oxygens (including phenoxy) is 3. The number of rotatable bonds is 6. The van der Waals surface area contributed by atoms with E-state index < -0.39 is 5.79 Å². The van der Waals surface area contributed by atoms with E-state index in [9.17, 15) is 0 Å². The molecule has 0 aromatic carbocycles. The van der Waals surface area contributed by atoms with E-state index in [1.165, 1.54) is 0 Å². The molecule has 1 saturated heterocycles. The fourth-order valence-corrected chi connectivity index (χ4v) is 2.68. The summed E-state index contributed by atoms with van der Waals surface area (Å²) in [5, 5.41) is 9.07. The maximum absolute atomic E-state index is 9.07. The first-order chi connectivity index (χ1) is 8.47. The molecule has 0 radical (unpaired) electrons.